The van der Waals surface area contributed by atoms with Crippen molar-refractivity contribution in [2.24, 2.45) is 0 Å². The van der Waals surface area contributed by atoms with E-state index < -0.39 is 0 Å². The van der Waals surface area contributed by atoms with Gasteiger partial charge in [0.2, 0.25) is 0 Å². The molecular weight excluding hydrogens is 200 g/mol. The summed E-state index contributed by atoms with van der Waals surface area (Å²) in [5, 5.41) is 0. The van der Waals surface area contributed by atoms with E-state index in [1.807, 2.05) is 24.3 Å². The highest BCUT2D eigenvalue weighted by molar-refractivity contribution is 5.94. The molecule has 4 nitrogen and oxygen atoms in total. The van der Waals surface area contributed by atoms with Gasteiger partial charge in [0.15, 0.2) is 0 Å². The van der Waals surface area contributed by atoms with Crippen LogP contribution in [-0.2, 0) is 0 Å². The normalized spacial score (nSPS) is 10.8. The Morgan fingerprint density at radius 1 is 1.12 bits per heavy atom. The van der Waals surface area contributed by atoms with E-state index in [4.69, 9.17) is 5.73 Å². The molecule has 0 aliphatic heterocycles. The van der Waals surface area contributed by atoms with Crippen LogP contribution in [0.1, 0.15) is 0 Å². The average molecular weight is 210 g/mol. The smallest absolute Gasteiger partial charge is 0.0962 e. The molecule has 78 valence electrons. The summed E-state index contributed by atoms with van der Waals surface area (Å²) < 4.78 is 0. The molecule has 0 bridgehead atoms. The highest BCUT2D eigenvalue weighted by Gasteiger charge is 2.06. The van der Waals surface area contributed by atoms with Crippen LogP contribution in [0.2, 0.25) is 0 Å². The first kappa shape index (κ1) is 8.91. The molecular formula is C12H10N4. The lowest BCUT2D eigenvalue weighted by Crippen LogP contribution is -1.88. The summed E-state index contributed by atoms with van der Waals surface area (Å²) in [6, 6.07) is 7.71. The molecule has 0 radical (unpaired) electrons. The Bertz CT molecular complexity index is 628. The SMILES string of the molecule is Nc1cc(-c2ccncc2)c2nc[nH]c2c1. The van der Waals surface area contributed by atoms with Gasteiger partial charge in [-0.05, 0) is 29.8 Å². The Kier molecular flexibility index (Phi) is 1.86. The lowest BCUT2D eigenvalue weighted by atomic mass is 10.0. The number of H-pyrrole nitrogens is 1. The van der Waals surface area contributed by atoms with Crippen molar-refractivity contribution in [1.29, 1.82) is 0 Å². The van der Waals surface area contributed by atoms with E-state index in [9.17, 15) is 0 Å². The fourth-order valence-electron chi connectivity index (χ4n) is 1.82. The minimum absolute atomic E-state index is 0.726. The second-order valence-corrected chi connectivity index (χ2v) is 3.60. The highest BCUT2D eigenvalue weighted by atomic mass is 14.9. The van der Waals surface area contributed by atoms with E-state index in [2.05, 4.69) is 15.0 Å². The molecule has 2 aromatic heterocycles. The first-order chi connectivity index (χ1) is 7.84. The lowest BCUT2D eigenvalue weighted by molar-refractivity contribution is 1.33. The zero-order chi connectivity index (χ0) is 11.0. The minimum atomic E-state index is 0.726. The molecule has 0 amide bonds. The van der Waals surface area contributed by atoms with Gasteiger partial charge >= 0.3 is 0 Å². The van der Waals surface area contributed by atoms with Crippen molar-refractivity contribution in [3.8, 4) is 11.1 Å². The lowest BCUT2D eigenvalue weighted by Gasteiger charge is -2.03. The maximum absolute atomic E-state index is 5.86. The van der Waals surface area contributed by atoms with Gasteiger partial charge in [-0.25, -0.2) is 4.98 Å². The van der Waals surface area contributed by atoms with Crippen molar-refractivity contribution in [3.63, 3.8) is 0 Å². The summed E-state index contributed by atoms with van der Waals surface area (Å²) in [5.41, 5.74) is 10.6. The van der Waals surface area contributed by atoms with Crippen LogP contribution in [0.4, 0.5) is 5.69 Å². The quantitative estimate of drug-likeness (QED) is 0.605. The monoisotopic (exact) mass is 210 g/mol. The van der Waals surface area contributed by atoms with Gasteiger partial charge in [0, 0.05) is 23.6 Å². The second-order valence-electron chi connectivity index (χ2n) is 3.60. The number of nitrogens with zero attached hydrogens (tertiary/aromatic N) is 2. The number of nitrogen functional groups attached to an aromatic ring is 1. The van der Waals surface area contributed by atoms with Crippen LogP contribution in [0.15, 0.2) is 43.0 Å². The number of benzene rings is 1. The molecule has 3 rings (SSSR count). The van der Waals surface area contributed by atoms with Crippen molar-refractivity contribution in [2.75, 3.05) is 5.73 Å². The third kappa shape index (κ3) is 1.32. The minimum Gasteiger partial charge on any atom is -0.399 e. The molecule has 2 heterocycles. The fraction of sp³-hybridized carbons (Fsp3) is 0. The van der Waals surface area contributed by atoms with Gasteiger partial charge in [-0.15, -0.1) is 0 Å². The summed E-state index contributed by atoms with van der Waals surface area (Å²) in [6.07, 6.45) is 5.20. The van der Waals surface area contributed by atoms with E-state index in [0.29, 0.717) is 0 Å². The Balaban J connectivity index is 2.34. The van der Waals surface area contributed by atoms with Crippen LogP contribution >= 0.6 is 0 Å². The largest absolute Gasteiger partial charge is 0.399 e. The first-order valence-corrected chi connectivity index (χ1v) is 4.97. The fourth-order valence-corrected chi connectivity index (χ4v) is 1.82. The Labute approximate surface area is 92.2 Å². The molecule has 0 unspecified atom stereocenters. The summed E-state index contributed by atoms with van der Waals surface area (Å²) >= 11 is 0. The molecule has 0 spiro atoms. The van der Waals surface area contributed by atoms with Crippen molar-refractivity contribution < 1.29 is 0 Å². The van der Waals surface area contributed by atoms with E-state index in [-0.39, 0.29) is 0 Å². The van der Waals surface area contributed by atoms with E-state index in [0.717, 1.165) is 27.8 Å². The summed E-state index contributed by atoms with van der Waals surface area (Å²) in [5.74, 6) is 0. The summed E-state index contributed by atoms with van der Waals surface area (Å²) in [7, 11) is 0. The van der Waals surface area contributed by atoms with Crippen LogP contribution in [0, 0.1) is 0 Å². The Hall–Kier alpha value is -2.36. The van der Waals surface area contributed by atoms with Crippen LogP contribution in [0.5, 0.6) is 0 Å². The number of hydrogen-bond donors (Lipinski definition) is 2. The van der Waals surface area contributed by atoms with Crippen LogP contribution < -0.4 is 5.73 Å². The number of hydrogen-bond acceptors (Lipinski definition) is 3. The second kappa shape index (κ2) is 3.34. The number of aromatic amines is 1. The van der Waals surface area contributed by atoms with Gasteiger partial charge in [0.25, 0.3) is 0 Å². The van der Waals surface area contributed by atoms with Gasteiger partial charge in [0.1, 0.15) is 0 Å². The molecule has 4 heteroatoms. The van der Waals surface area contributed by atoms with Crippen molar-refractivity contribution in [3.05, 3.63) is 43.0 Å². The molecule has 3 N–H and O–H groups in total. The van der Waals surface area contributed by atoms with Crippen molar-refractivity contribution in [1.82, 2.24) is 15.0 Å². The molecule has 0 atom stereocenters. The zero-order valence-corrected chi connectivity index (χ0v) is 8.51. The van der Waals surface area contributed by atoms with Crippen LogP contribution in [0.25, 0.3) is 22.2 Å². The van der Waals surface area contributed by atoms with Gasteiger partial charge in [-0.2, -0.15) is 0 Å². The first-order valence-electron chi connectivity index (χ1n) is 4.97. The molecule has 0 aliphatic rings. The van der Waals surface area contributed by atoms with Gasteiger partial charge in [-0.1, -0.05) is 0 Å². The summed E-state index contributed by atoms with van der Waals surface area (Å²) in [6.45, 7) is 0. The summed E-state index contributed by atoms with van der Waals surface area (Å²) in [4.78, 5) is 11.4. The Morgan fingerprint density at radius 2 is 1.94 bits per heavy atom. The van der Waals surface area contributed by atoms with E-state index >= 15 is 0 Å². The number of rotatable bonds is 1. The maximum atomic E-state index is 5.86. The number of fused-ring (bicyclic) bond motifs is 1. The number of anilines is 1. The number of imidazole rings is 1. The number of pyridine rings is 1. The molecule has 3 aromatic rings. The van der Waals surface area contributed by atoms with Gasteiger partial charge in [-0.3, -0.25) is 4.98 Å². The Morgan fingerprint density at radius 3 is 2.75 bits per heavy atom. The predicted molar refractivity (Wildman–Crippen MR) is 63.7 cm³/mol. The molecule has 0 fully saturated rings. The van der Waals surface area contributed by atoms with Crippen LogP contribution in [-0.4, -0.2) is 15.0 Å². The topological polar surface area (TPSA) is 67.6 Å². The number of aromatic nitrogens is 3. The molecule has 0 saturated carbocycles. The van der Waals surface area contributed by atoms with Crippen molar-refractivity contribution >= 4 is 16.7 Å². The predicted octanol–water partition coefficient (Wildman–Crippen LogP) is 2.21. The number of nitrogens with two attached hydrogens (primary N) is 1. The molecule has 0 aliphatic carbocycles. The maximum Gasteiger partial charge on any atom is 0.0962 e. The molecule has 16 heavy (non-hydrogen) atoms. The van der Waals surface area contributed by atoms with Gasteiger partial charge < -0.3 is 10.7 Å². The third-order valence-electron chi connectivity index (χ3n) is 2.54. The van der Waals surface area contributed by atoms with E-state index in [1.165, 1.54) is 0 Å². The van der Waals surface area contributed by atoms with Crippen molar-refractivity contribution in [2.45, 2.75) is 0 Å². The highest BCUT2D eigenvalue weighted by Crippen LogP contribution is 2.28. The standard InChI is InChI=1S/C12H10N4/c13-9-5-10(8-1-3-14-4-2-8)12-11(6-9)15-7-16-12/h1-7H,13H2,(H,15,16). The molecule has 0 saturated heterocycles. The average Bonchev–Trinajstić information content (AvgIpc) is 2.77. The van der Waals surface area contributed by atoms with Crippen LogP contribution in [0.3, 0.4) is 0 Å². The van der Waals surface area contributed by atoms with Gasteiger partial charge in [0.05, 0.1) is 17.4 Å². The van der Waals surface area contributed by atoms with E-state index in [1.54, 1.807) is 18.7 Å². The molecule has 1 aromatic carbocycles. The third-order valence-corrected chi connectivity index (χ3v) is 2.54. The zero-order valence-electron chi connectivity index (χ0n) is 8.51. The number of nitrogens with one attached hydrogen (secondary N) is 1.